The first kappa shape index (κ1) is 10.6. The van der Waals surface area contributed by atoms with E-state index in [0.29, 0.717) is 18.6 Å². The van der Waals surface area contributed by atoms with Crippen LogP contribution in [0.3, 0.4) is 0 Å². The van der Waals surface area contributed by atoms with Gasteiger partial charge in [0.2, 0.25) is 0 Å². The highest BCUT2D eigenvalue weighted by Gasteiger charge is 2.17. The third-order valence-corrected chi connectivity index (χ3v) is 1.98. The summed E-state index contributed by atoms with van der Waals surface area (Å²) in [5, 5.41) is 2.68. The molecule has 0 amide bonds. The van der Waals surface area contributed by atoms with Crippen LogP contribution >= 0.6 is 0 Å². The van der Waals surface area contributed by atoms with Crippen LogP contribution in [0.4, 0.5) is 0 Å². The van der Waals surface area contributed by atoms with Crippen LogP contribution in [0, 0.1) is 0 Å². The van der Waals surface area contributed by atoms with Crippen molar-refractivity contribution >= 4 is 5.97 Å². The second-order valence-corrected chi connectivity index (χ2v) is 2.90. The number of aryl methyl sites for hydroxylation is 1. The van der Waals surface area contributed by atoms with Crippen molar-refractivity contribution in [1.82, 2.24) is 9.78 Å². The summed E-state index contributed by atoms with van der Waals surface area (Å²) in [5.74, 6) is -0.470. The minimum atomic E-state index is -0.470. The molecule has 1 aromatic heterocycles. The third-order valence-electron chi connectivity index (χ3n) is 1.98. The number of hydrogen-bond donors (Lipinski definition) is 1. The van der Waals surface area contributed by atoms with Gasteiger partial charge in [0.05, 0.1) is 12.2 Å². The van der Waals surface area contributed by atoms with Gasteiger partial charge in [0.1, 0.15) is 5.69 Å². The summed E-state index contributed by atoms with van der Waals surface area (Å²) in [4.78, 5) is 22.8. The van der Waals surface area contributed by atoms with E-state index in [1.165, 1.54) is 4.68 Å². The van der Waals surface area contributed by atoms with E-state index in [9.17, 15) is 9.59 Å². The molecule has 0 atom stereocenters. The maximum atomic E-state index is 11.5. The van der Waals surface area contributed by atoms with Crippen LogP contribution in [0.2, 0.25) is 0 Å². The average molecular weight is 198 g/mol. The van der Waals surface area contributed by atoms with Crippen LogP contribution in [-0.2, 0) is 18.2 Å². The van der Waals surface area contributed by atoms with E-state index in [0.717, 1.165) is 0 Å². The number of nitrogens with zero attached hydrogens (tertiary/aromatic N) is 1. The van der Waals surface area contributed by atoms with Gasteiger partial charge in [-0.3, -0.25) is 14.6 Å². The Bertz CT molecular complexity index is 389. The van der Waals surface area contributed by atoms with Gasteiger partial charge in [-0.1, -0.05) is 6.92 Å². The van der Waals surface area contributed by atoms with E-state index in [2.05, 4.69) is 5.10 Å². The number of aromatic amines is 1. The normalized spacial score (nSPS) is 10.2. The SMILES string of the molecule is CCOC(=O)c1[nH]n(C)c(=O)c1CC. The number of hydrogen-bond acceptors (Lipinski definition) is 3. The Morgan fingerprint density at radius 2 is 2.14 bits per heavy atom. The smallest absolute Gasteiger partial charge is 0.356 e. The van der Waals surface area contributed by atoms with Crippen LogP contribution < -0.4 is 5.56 Å². The molecule has 0 spiro atoms. The second-order valence-electron chi connectivity index (χ2n) is 2.90. The minimum absolute atomic E-state index is 0.171. The molecule has 0 saturated heterocycles. The summed E-state index contributed by atoms with van der Waals surface area (Å²) < 4.78 is 6.10. The number of rotatable bonds is 3. The first-order chi connectivity index (χ1) is 6.61. The molecule has 0 bridgehead atoms. The average Bonchev–Trinajstić information content (AvgIpc) is 2.44. The molecular weight excluding hydrogens is 184 g/mol. The van der Waals surface area contributed by atoms with E-state index in [1.54, 1.807) is 14.0 Å². The van der Waals surface area contributed by atoms with Crippen LogP contribution in [0.15, 0.2) is 4.79 Å². The third kappa shape index (κ3) is 1.71. The molecule has 0 aliphatic carbocycles. The predicted octanol–water partition coefficient (Wildman–Crippen LogP) is 0.452. The minimum Gasteiger partial charge on any atom is -0.461 e. The molecule has 1 heterocycles. The lowest BCUT2D eigenvalue weighted by molar-refractivity contribution is 0.0517. The number of esters is 1. The van der Waals surface area contributed by atoms with E-state index < -0.39 is 5.97 Å². The lowest BCUT2D eigenvalue weighted by atomic mass is 10.2. The largest absolute Gasteiger partial charge is 0.461 e. The number of carbonyl (C=O) groups excluding carboxylic acids is 1. The van der Waals surface area contributed by atoms with Crippen molar-refractivity contribution in [2.24, 2.45) is 7.05 Å². The fraction of sp³-hybridized carbons (Fsp3) is 0.556. The standard InChI is InChI=1S/C9H14N2O3/c1-4-6-7(9(13)14-5-2)10-11(3)8(6)12/h10H,4-5H2,1-3H3. The van der Waals surface area contributed by atoms with Crippen molar-refractivity contribution in [2.75, 3.05) is 6.61 Å². The molecule has 5 nitrogen and oxygen atoms in total. The van der Waals surface area contributed by atoms with E-state index >= 15 is 0 Å². The second kappa shape index (κ2) is 4.13. The van der Waals surface area contributed by atoms with Crippen LogP contribution in [0.5, 0.6) is 0 Å². The molecule has 78 valence electrons. The summed E-state index contributed by atoms with van der Waals surface area (Å²) in [7, 11) is 1.57. The molecule has 0 aliphatic heterocycles. The summed E-state index contributed by atoms with van der Waals surface area (Å²) >= 11 is 0. The molecule has 0 aromatic carbocycles. The van der Waals surface area contributed by atoms with Gasteiger partial charge in [0.25, 0.3) is 5.56 Å². The molecule has 1 rings (SSSR count). The van der Waals surface area contributed by atoms with Crippen molar-refractivity contribution in [3.8, 4) is 0 Å². The van der Waals surface area contributed by atoms with Crippen molar-refractivity contribution in [3.63, 3.8) is 0 Å². The molecular formula is C9H14N2O3. The zero-order valence-corrected chi connectivity index (χ0v) is 8.59. The predicted molar refractivity (Wildman–Crippen MR) is 51.4 cm³/mol. The topological polar surface area (TPSA) is 64.1 Å². The van der Waals surface area contributed by atoms with Crippen LogP contribution in [-0.4, -0.2) is 22.4 Å². The van der Waals surface area contributed by atoms with Crippen LogP contribution in [0.1, 0.15) is 29.9 Å². The van der Waals surface area contributed by atoms with Crippen molar-refractivity contribution in [3.05, 3.63) is 21.6 Å². The fourth-order valence-corrected chi connectivity index (χ4v) is 1.30. The Morgan fingerprint density at radius 1 is 1.50 bits per heavy atom. The summed E-state index contributed by atoms with van der Waals surface area (Å²) in [6, 6.07) is 0. The number of aromatic nitrogens is 2. The molecule has 14 heavy (non-hydrogen) atoms. The first-order valence-corrected chi connectivity index (χ1v) is 4.56. The van der Waals surface area contributed by atoms with Crippen LogP contribution in [0.25, 0.3) is 0 Å². The van der Waals surface area contributed by atoms with Gasteiger partial charge in [-0.05, 0) is 13.3 Å². The number of carbonyl (C=O) groups is 1. The van der Waals surface area contributed by atoms with E-state index in [4.69, 9.17) is 4.74 Å². The Labute approximate surface area is 81.7 Å². The van der Waals surface area contributed by atoms with Crippen molar-refractivity contribution in [2.45, 2.75) is 20.3 Å². The van der Waals surface area contributed by atoms with E-state index in [-0.39, 0.29) is 11.3 Å². The fourth-order valence-electron chi connectivity index (χ4n) is 1.30. The Balaban J connectivity index is 3.14. The first-order valence-electron chi connectivity index (χ1n) is 4.56. The highest BCUT2D eigenvalue weighted by atomic mass is 16.5. The molecule has 1 N–H and O–H groups in total. The van der Waals surface area contributed by atoms with Gasteiger partial charge in [-0.15, -0.1) is 0 Å². The van der Waals surface area contributed by atoms with Gasteiger partial charge in [-0.25, -0.2) is 4.79 Å². The van der Waals surface area contributed by atoms with Gasteiger partial charge in [-0.2, -0.15) is 0 Å². The Morgan fingerprint density at radius 3 is 2.64 bits per heavy atom. The maximum Gasteiger partial charge on any atom is 0.356 e. The zero-order chi connectivity index (χ0) is 10.7. The Kier molecular flexibility index (Phi) is 3.11. The molecule has 0 fully saturated rings. The van der Waals surface area contributed by atoms with Gasteiger partial charge in [0.15, 0.2) is 0 Å². The van der Waals surface area contributed by atoms with Gasteiger partial charge in [0, 0.05) is 7.05 Å². The lowest BCUT2D eigenvalue weighted by Crippen LogP contribution is -2.15. The zero-order valence-electron chi connectivity index (χ0n) is 8.59. The lowest BCUT2D eigenvalue weighted by Gasteiger charge is -1.99. The molecule has 0 radical (unpaired) electrons. The van der Waals surface area contributed by atoms with Crippen molar-refractivity contribution < 1.29 is 9.53 Å². The summed E-state index contributed by atoms with van der Waals surface area (Å²) in [6.07, 6.45) is 0.518. The maximum absolute atomic E-state index is 11.5. The van der Waals surface area contributed by atoms with Gasteiger partial charge >= 0.3 is 5.97 Å². The van der Waals surface area contributed by atoms with E-state index in [1.807, 2.05) is 6.92 Å². The quantitative estimate of drug-likeness (QED) is 0.717. The monoisotopic (exact) mass is 198 g/mol. The summed E-state index contributed by atoms with van der Waals surface area (Å²) in [6.45, 7) is 3.86. The molecule has 0 unspecified atom stereocenters. The molecule has 5 heteroatoms. The Hall–Kier alpha value is -1.52. The van der Waals surface area contributed by atoms with Gasteiger partial charge < -0.3 is 4.74 Å². The number of nitrogens with one attached hydrogen (secondary N) is 1. The van der Waals surface area contributed by atoms with Crippen molar-refractivity contribution in [1.29, 1.82) is 0 Å². The molecule has 0 saturated carbocycles. The highest BCUT2D eigenvalue weighted by molar-refractivity contribution is 5.88. The molecule has 1 aromatic rings. The number of ether oxygens (including phenoxy) is 1. The molecule has 0 aliphatic rings. The number of H-pyrrole nitrogens is 1. The highest BCUT2D eigenvalue weighted by Crippen LogP contribution is 2.03. The summed E-state index contributed by atoms with van der Waals surface area (Å²) in [5.41, 5.74) is 0.573.